The number of nitrogens with zero attached hydrogens (tertiary/aromatic N) is 4. The fourth-order valence-electron chi connectivity index (χ4n) is 5.81. The second kappa shape index (κ2) is 8.05. The van der Waals surface area contributed by atoms with Crippen LogP contribution >= 0.6 is 0 Å². The monoisotopic (exact) mass is 436 g/mol. The Morgan fingerprint density at radius 2 is 1.94 bits per heavy atom. The van der Waals surface area contributed by atoms with Crippen molar-refractivity contribution in [2.45, 2.75) is 76.8 Å². The van der Waals surface area contributed by atoms with Gasteiger partial charge >= 0.3 is 0 Å². The fourth-order valence-corrected chi connectivity index (χ4v) is 5.81. The van der Waals surface area contributed by atoms with Gasteiger partial charge in [-0.15, -0.1) is 0 Å². The Balaban J connectivity index is 1.39. The van der Waals surface area contributed by atoms with Crippen LogP contribution in [0.4, 0.5) is 0 Å². The number of ether oxygens (including phenoxy) is 1. The zero-order valence-corrected chi connectivity index (χ0v) is 19.1. The second-order valence-electron chi connectivity index (χ2n) is 9.48. The molecule has 2 aromatic heterocycles. The van der Waals surface area contributed by atoms with E-state index in [1.165, 1.54) is 27.2 Å². The molecule has 1 N–H and O–H groups in total. The zero-order valence-electron chi connectivity index (χ0n) is 19.1. The van der Waals surface area contributed by atoms with Gasteiger partial charge in [0.1, 0.15) is 5.75 Å². The SMILES string of the molecule is CCn1cc(CN2[C@H]3CC[C@H]2CC(O)(Cn2nc(C)ccc2=O)C3)c2cc(OC)ccc21. The molecule has 0 radical (unpaired) electrons. The maximum atomic E-state index is 12.2. The predicted molar refractivity (Wildman–Crippen MR) is 124 cm³/mol. The third-order valence-electron chi connectivity index (χ3n) is 7.31. The third-order valence-corrected chi connectivity index (χ3v) is 7.31. The number of hydrogen-bond donors (Lipinski definition) is 1. The Hall–Kier alpha value is -2.64. The molecule has 2 bridgehead atoms. The van der Waals surface area contributed by atoms with Gasteiger partial charge in [0.25, 0.3) is 5.56 Å². The summed E-state index contributed by atoms with van der Waals surface area (Å²) in [6.45, 7) is 6.09. The average molecular weight is 437 g/mol. The Kier molecular flexibility index (Phi) is 5.34. The van der Waals surface area contributed by atoms with Crippen molar-refractivity contribution in [3.8, 4) is 5.75 Å². The van der Waals surface area contributed by atoms with Gasteiger partial charge in [-0.3, -0.25) is 9.69 Å². The molecule has 2 atom stereocenters. The Bertz CT molecular complexity index is 1180. The van der Waals surface area contributed by atoms with Crippen molar-refractivity contribution in [1.29, 1.82) is 0 Å². The number of aliphatic hydroxyl groups is 1. The second-order valence-corrected chi connectivity index (χ2v) is 9.48. The number of methoxy groups -OCH3 is 1. The van der Waals surface area contributed by atoms with Crippen LogP contribution in [0.5, 0.6) is 5.75 Å². The van der Waals surface area contributed by atoms with Gasteiger partial charge < -0.3 is 14.4 Å². The van der Waals surface area contributed by atoms with Crippen LogP contribution in [0.1, 0.15) is 43.9 Å². The van der Waals surface area contributed by atoms with Crippen LogP contribution in [0.2, 0.25) is 0 Å². The minimum absolute atomic E-state index is 0.153. The van der Waals surface area contributed by atoms with Crippen LogP contribution in [-0.2, 0) is 19.6 Å². The molecule has 4 heterocycles. The maximum absolute atomic E-state index is 12.2. The molecular weight excluding hydrogens is 404 g/mol. The van der Waals surface area contributed by atoms with Crippen molar-refractivity contribution in [2.75, 3.05) is 7.11 Å². The van der Waals surface area contributed by atoms with Crippen LogP contribution in [0.3, 0.4) is 0 Å². The minimum atomic E-state index is -0.895. The molecule has 2 saturated heterocycles. The largest absolute Gasteiger partial charge is 0.497 e. The van der Waals surface area contributed by atoms with Crippen molar-refractivity contribution in [3.05, 3.63) is 58.1 Å². The van der Waals surface area contributed by atoms with E-state index in [1.807, 2.05) is 13.0 Å². The molecule has 2 fully saturated rings. The van der Waals surface area contributed by atoms with Crippen LogP contribution in [0.25, 0.3) is 10.9 Å². The lowest BCUT2D eigenvalue weighted by Crippen LogP contribution is -2.53. The van der Waals surface area contributed by atoms with Gasteiger partial charge in [0.05, 0.1) is 24.9 Å². The topological polar surface area (TPSA) is 72.5 Å². The minimum Gasteiger partial charge on any atom is -0.497 e. The number of aryl methyl sites for hydroxylation is 2. The van der Waals surface area contributed by atoms with Crippen molar-refractivity contribution < 1.29 is 9.84 Å². The molecule has 0 spiro atoms. The highest BCUT2D eigenvalue weighted by Crippen LogP contribution is 2.43. The van der Waals surface area contributed by atoms with E-state index >= 15 is 0 Å². The number of piperidine rings is 1. The van der Waals surface area contributed by atoms with Crippen LogP contribution in [0.15, 0.2) is 41.3 Å². The summed E-state index contributed by atoms with van der Waals surface area (Å²) in [5.41, 5.74) is 2.28. The molecule has 170 valence electrons. The average Bonchev–Trinajstić information content (AvgIpc) is 3.25. The number of hydrogen-bond acceptors (Lipinski definition) is 5. The van der Waals surface area contributed by atoms with Gasteiger partial charge in [-0.2, -0.15) is 5.10 Å². The van der Waals surface area contributed by atoms with E-state index in [0.29, 0.717) is 24.9 Å². The summed E-state index contributed by atoms with van der Waals surface area (Å²) >= 11 is 0. The van der Waals surface area contributed by atoms with Crippen molar-refractivity contribution in [1.82, 2.24) is 19.2 Å². The number of rotatable bonds is 6. The van der Waals surface area contributed by atoms with E-state index in [2.05, 4.69) is 39.8 Å². The van der Waals surface area contributed by atoms with E-state index in [0.717, 1.165) is 37.4 Å². The van der Waals surface area contributed by atoms with Gasteiger partial charge in [-0.25, -0.2) is 4.68 Å². The lowest BCUT2D eigenvalue weighted by Gasteiger charge is -2.43. The first-order valence-electron chi connectivity index (χ1n) is 11.6. The van der Waals surface area contributed by atoms with E-state index < -0.39 is 5.60 Å². The summed E-state index contributed by atoms with van der Waals surface area (Å²) in [6.07, 6.45) is 5.76. The lowest BCUT2D eigenvalue weighted by molar-refractivity contribution is -0.0677. The number of fused-ring (bicyclic) bond motifs is 3. The molecule has 0 unspecified atom stereocenters. The van der Waals surface area contributed by atoms with Gasteiger partial charge in [-0.05, 0) is 69.4 Å². The van der Waals surface area contributed by atoms with Crippen molar-refractivity contribution >= 4 is 10.9 Å². The summed E-state index contributed by atoms with van der Waals surface area (Å²) in [6, 6.07) is 10.2. The van der Waals surface area contributed by atoms with Gasteiger partial charge in [0.15, 0.2) is 0 Å². The standard InChI is InChI=1S/C25H32N4O3/c1-4-27-14-18(22-11-21(32-3)8-9-23(22)27)15-28-19-6-7-20(28)13-25(31,12-19)16-29-24(30)10-5-17(2)26-29/h5,8-11,14,19-20,31H,4,6-7,12-13,15-16H2,1-3H3/t19-,20-/m0/s1. The maximum Gasteiger partial charge on any atom is 0.266 e. The van der Waals surface area contributed by atoms with Crippen molar-refractivity contribution in [3.63, 3.8) is 0 Å². The smallest absolute Gasteiger partial charge is 0.266 e. The molecule has 0 aliphatic carbocycles. The highest BCUT2D eigenvalue weighted by Gasteiger charge is 2.47. The van der Waals surface area contributed by atoms with Gasteiger partial charge in [-0.1, -0.05) is 0 Å². The summed E-state index contributed by atoms with van der Waals surface area (Å²) in [5, 5.41) is 17.0. The fraction of sp³-hybridized carbons (Fsp3) is 0.520. The van der Waals surface area contributed by atoms with Crippen LogP contribution in [-0.4, -0.2) is 49.1 Å². The molecule has 5 rings (SSSR count). The molecular formula is C25H32N4O3. The first kappa shape index (κ1) is 21.2. The lowest BCUT2D eigenvalue weighted by atomic mass is 9.85. The van der Waals surface area contributed by atoms with Crippen molar-refractivity contribution in [2.24, 2.45) is 0 Å². The molecule has 2 aliphatic rings. The highest BCUT2D eigenvalue weighted by molar-refractivity contribution is 5.85. The molecule has 0 amide bonds. The first-order valence-corrected chi connectivity index (χ1v) is 11.6. The Labute approximate surface area is 188 Å². The molecule has 1 aromatic carbocycles. The zero-order chi connectivity index (χ0) is 22.5. The van der Waals surface area contributed by atoms with Crippen LogP contribution < -0.4 is 10.3 Å². The van der Waals surface area contributed by atoms with E-state index in [9.17, 15) is 9.90 Å². The summed E-state index contributed by atoms with van der Waals surface area (Å²) < 4.78 is 9.21. The summed E-state index contributed by atoms with van der Waals surface area (Å²) in [4.78, 5) is 14.8. The van der Waals surface area contributed by atoms with Crippen LogP contribution in [0, 0.1) is 6.92 Å². The molecule has 7 heteroatoms. The summed E-state index contributed by atoms with van der Waals surface area (Å²) in [5.74, 6) is 0.875. The summed E-state index contributed by atoms with van der Waals surface area (Å²) in [7, 11) is 1.71. The Morgan fingerprint density at radius 1 is 1.19 bits per heavy atom. The molecule has 0 saturated carbocycles. The van der Waals surface area contributed by atoms with E-state index in [-0.39, 0.29) is 12.1 Å². The molecule has 2 aliphatic heterocycles. The number of aromatic nitrogens is 3. The quantitative estimate of drug-likeness (QED) is 0.643. The van der Waals surface area contributed by atoms with E-state index in [1.54, 1.807) is 13.2 Å². The first-order chi connectivity index (χ1) is 15.4. The molecule has 7 nitrogen and oxygen atoms in total. The van der Waals surface area contributed by atoms with Gasteiger partial charge in [0.2, 0.25) is 0 Å². The predicted octanol–water partition coefficient (Wildman–Crippen LogP) is 3.09. The normalized spacial score (nSPS) is 25.5. The molecule has 32 heavy (non-hydrogen) atoms. The highest BCUT2D eigenvalue weighted by atomic mass is 16.5. The third kappa shape index (κ3) is 3.73. The number of benzene rings is 1. The molecule has 3 aromatic rings. The van der Waals surface area contributed by atoms with Gasteiger partial charge in [0, 0.05) is 48.3 Å². The Morgan fingerprint density at radius 3 is 2.62 bits per heavy atom. The van der Waals surface area contributed by atoms with E-state index in [4.69, 9.17) is 4.74 Å².